The minimum atomic E-state index is -1.06. The number of aromatic nitrogens is 2. The average Bonchev–Trinajstić information content (AvgIpc) is 2.85. The molecule has 0 bridgehead atoms. The molecule has 0 radical (unpaired) electrons. The second-order valence-corrected chi connectivity index (χ2v) is 3.98. The minimum absolute atomic E-state index is 0.226. The van der Waals surface area contributed by atoms with Crippen LogP contribution in [0.2, 0.25) is 0 Å². The summed E-state index contributed by atoms with van der Waals surface area (Å²) in [4.78, 5) is 32.4. The zero-order chi connectivity index (χ0) is 14.3. The fourth-order valence-corrected chi connectivity index (χ4v) is 1.53. The molecule has 8 heteroatoms. The number of amides is 2. The number of rotatable bonds is 7. The van der Waals surface area contributed by atoms with E-state index in [1.165, 1.54) is 16.9 Å². The molecule has 2 amide bonds. The van der Waals surface area contributed by atoms with E-state index in [4.69, 9.17) is 9.84 Å². The average molecular weight is 270 g/mol. The number of carbonyl (C=O) groups excluding carboxylic acids is 1. The van der Waals surface area contributed by atoms with Gasteiger partial charge >= 0.3 is 12.0 Å². The highest BCUT2D eigenvalue weighted by Crippen LogP contribution is 2.02. The van der Waals surface area contributed by atoms with Gasteiger partial charge in [-0.2, -0.15) is 0 Å². The third-order valence-corrected chi connectivity index (χ3v) is 2.43. The summed E-state index contributed by atoms with van der Waals surface area (Å²) in [6, 6.07) is -0.379. The van der Waals surface area contributed by atoms with Crippen LogP contribution in [0.4, 0.5) is 4.79 Å². The van der Waals surface area contributed by atoms with Crippen molar-refractivity contribution >= 4 is 12.0 Å². The van der Waals surface area contributed by atoms with Crippen molar-refractivity contribution in [2.75, 3.05) is 33.9 Å². The van der Waals surface area contributed by atoms with Crippen LogP contribution < -0.4 is 0 Å². The summed E-state index contributed by atoms with van der Waals surface area (Å²) in [7, 11) is 3.09. The maximum absolute atomic E-state index is 12.1. The molecular formula is C11H18N4O4. The van der Waals surface area contributed by atoms with Crippen LogP contribution in [-0.2, 0) is 16.1 Å². The fourth-order valence-electron chi connectivity index (χ4n) is 1.53. The van der Waals surface area contributed by atoms with E-state index in [1.54, 1.807) is 19.4 Å². The predicted molar refractivity (Wildman–Crippen MR) is 66.5 cm³/mol. The van der Waals surface area contributed by atoms with Gasteiger partial charge in [-0.25, -0.2) is 9.78 Å². The van der Waals surface area contributed by atoms with Crippen LogP contribution in [-0.4, -0.2) is 70.7 Å². The molecule has 0 saturated carbocycles. The Balaban J connectivity index is 2.60. The van der Waals surface area contributed by atoms with Gasteiger partial charge in [-0.05, 0) is 0 Å². The summed E-state index contributed by atoms with van der Waals surface area (Å²) < 4.78 is 4.87. The fraction of sp³-hybridized carbons (Fsp3) is 0.545. The van der Waals surface area contributed by atoms with Crippen LogP contribution in [0.15, 0.2) is 12.4 Å². The topological polar surface area (TPSA) is 98.8 Å². The van der Waals surface area contributed by atoms with Crippen LogP contribution in [0.25, 0.3) is 0 Å². The number of H-pyrrole nitrogens is 1. The van der Waals surface area contributed by atoms with Crippen molar-refractivity contribution in [2.24, 2.45) is 0 Å². The highest BCUT2D eigenvalue weighted by molar-refractivity contribution is 5.80. The van der Waals surface area contributed by atoms with Gasteiger partial charge < -0.3 is 24.6 Å². The van der Waals surface area contributed by atoms with E-state index < -0.39 is 5.97 Å². The number of urea groups is 1. The van der Waals surface area contributed by atoms with Gasteiger partial charge in [0.1, 0.15) is 12.4 Å². The van der Waals surface area contributed by atoms with Gasteiger partial charge in [0.15, 0.2) is 0 Å². The van der Waals surface area contributed by atoms with Crippen molar-refractivity contribution in [3.8, 4) is 0 Å². The first kappa shape index (κ1) is 15.0. The lowest BCUT2D eigenvalue weighted by Crippen LogP contribution is -2.44. The number of methoxy groups -OCH3 is 1. The van der Waals surface area contributed by atoms with E-state index in [0.29, 0.717) is 5.82 Å². The number of hydrogen-bond donors (Lipinski definition) is 2. The van der Waals surface area contributed by atoms with Gasteiger partial charge in [0.25, 0.3) is 0 Å². The molecular weight excluding hydrogens is 252 g/mol. The van der Waals surface area contributed by atoms with E-state index in [2.05, 4.69) is 9.97 Å². The van der Waals surface area contributed by atoms with Gasteiger partial charge in [0, 0.05) is 33.1 Å². The standard InChI is InChI=1S/C11H18N4O4/c1-14(7-9-12-3-4-13-9)11(18)15(5-6-19-2)8-10(16)17/h3-4H,5-8H2,1-2H3,(H,12,13)(H,16,17). The normalized spacial score (nSPS) is 10.2. The molecule has 0 aliphatic carbocycles. The zero-order valence-electron chi connectivity index (χ0n) is 11.0. The molecule has 1 aromatic heterocycles. The Morgan fingerprint density at radius 3 is 2.79 bits per heavy atom. The molecule has 2 N–H and O–H groups in total. The lowest BCUT2D eigenvalue weighted by atomic mass is 10.4. The summed E-state index contributed by atoms with van der Waals surface area (Å²) in [5.41, 5.74) is 0. The molecule has 0 aliphatic heterocycles. The summed E-state index contributed by atoms with van der Waals surface area (Å²) >= 11 is 0. The maximum atomic E-state index is 12.1. The molecule has 1 aromatic rings. The summed E-state index contributed by atoms with van der Waals surface area (Å²) in [6.07, 6.45) is 3.25. The lowest BCUT2D eigenvalue weighted by Gasteiger charge is -2.26. The number of aliphatic carboxylic acids is 1. The smallest absolute Gasteiger partial charge is 0.323 e. The molecule has 0 saturated heterocycles. The monoisotopic (exact) mass is 270 g/mol. The summed E-state index contributed by atoms with van der Waals surface area (Å²) in [5, 5.41) is 8.80. The minimum Gasteiger partial charge on any atom is -0.480 e. The molecule has 0 aromatic carbocycles. The van der Waals surface area contributed by atoms with E-state index in [9.17, 15) is 9.59 Å². The van der Waals surface area contributed by atoms with Crippen molar-refractivity contribution in [3.05, 3.63) is 18.2 Å². The molecule has 106 valence electrons. The van der Waals surface area contributed by atoms with Crippen molar-refractivity contribution in [3.63, 3.8) is 0 Å². The largest absolute Gasteiger partial charge is 0.480 e. The molecule has 0 spiro atoms. The molecule has 0 atom stereocenters. The summed E-state index contributed by atoms with van der Waals surface area (Å²) in [6.45, 7) is 0.442. The Bertz CT molecular complexity index is 407. The quantitative estimate of drug-likeness (QED) is 0.726. The number of hydrogen-bond acceptors (Lipinski definition) is 4. The molecule has 0 unspecified atom stereocenters. The number of ether oxygens (including phenoxy) is 1. The van der Waals surface area contributed by atoms with Crippen molar-refractivity contribution < 1.29 is 19.4 Å². The Labute approximate surface area is 111 Å². The first-order valence-corrected chi connectivity index (χ1v) is 5.73. The molecule has 0 fully saturated rings. The van der Waals surface area contributed by atoms with Gasteiger partial charge in [0.2, 0.25) is 0 Å². The Hall–Kier alpha value is -2.09. The van der Waals surface area contributed by atoms with Gasteiger partial charge in [-0.3, -0.25) is 4.79 Å². The number of carbonyl (C=O) groups is 2. The van der Waals surface area contributed by atoms with Crippen LogP contribution in [0.1, 0.15) is 5.82 Å². The van der Waals surface area contributed by atoms with Crippen LogP contribution in [0, 0.1) is 0 Å². The first-order chi connectivity index (χ1) is 9.04. The Kier molecular flexibility index (Phi) is 5.80. The van der Waals surface area contributed by atoms with E-state index in [0.717, 1.165) is 0 Å². The second-order valence-electron chi connectivity index (χ2n) is 3.98. The second kappa shape index (κ2) is 7.37. The third-order valence-electron chi connectivity index (χ3n) is 2.43. The highest BCUT2D eigenvalue weighted by atomic mass is 16.5. The molecule has 8 nitrogen and oxygen atoms in total. The maximum Gasteiger partial charge on any atom is 0.323 e. The predicted octanol–water partition coefficient (Wildman–Crippen LogP) is -0.00550. The van der Waals surface area contributed by atoms with Crippen molar-refractivity contribution in [1.82, 2.24) is 19.8 Å². The Morgan fingerprint density at radius 2 is 2.26 bits per heavy atom. The van der Waals surface area contributed by atoms with Crippen LogP contribution >= 0.6 is 0 Å². The molecule has 19 heavy (non-hydrogen) atoms. The SMILES string of the molecule is COCCN(CC(=O)O)C(=O)N(C)Cc1ncc[nH]1. The molecule has 0 aliphatic rings. The first-order valence-electron chi connectivity index (χ1n) is 5.73. The number of aromatic amines is 1. The van der Waals surface area contributed by atoms with E-state index >= 15 is 0 Å². The van der Waals surface area contributed by atoms with Gasteiger partial charge in [-0.15, -0.1) is 0 Å². The van der Waals surface area contributed by atoms with Gasteiger partial charge in [-0.1, -0.05) is 0 Å². The number of nitrogens with zero attached hydrogens (tertiary/aromatic N) is 3. The Morgan fingerprint density at radius 1 is 1.53 bits per heavy atom. The number of carboxylic acid groups (broad SMARTS) is 1. The van der Waals surface area contributed by atoms with Crippen LogP contribution in [0.3, 0.4) is 0 Å². The van der Waals surface area contributed by atoms with Crippen molar-refractivity contribution in [1.29, 1.82) is 0 Å². The third kappa shape index (κ3) is 4.96. The summed E-state index contributed by atoms with van der Waals surface area (Å²) in [5.74, 6) is -0.422. The van der Waals surface area contributed by atoms with E-state index in [-0.39, 0.29) is 32.3 Å². The molecule has 1 rings (SSSR count). The van der Waals surface area contributed by atoms with E-state index in [1.807, 2.05) is 0 Å². The van der Waals surface area contributed by atoms with Crippen LogP contribution in [0.5, 0.6) is 0 Å². The van der Waals surface area contributed by atoms with Gasteiger partial charge in [0.05, 0.1) is 13.2 Å². The number of nitrogens with one attached hydrogen (secondary N) is 1. The van der Waals surface area contributed by atoms with Crippen molar-refractivity contribution in [2.45, 2.75) is 6.54 Å². The number of imidazole rings is 1. The number of carboxylic acids is 1. The highest BCUT2D eigenvalue weighted by Gasteiger charge is 2.20. The lowest BCUT2D eigenvalue weighted by molar-refractivity contribution is -0.137. The molecule has 1 heterocycles. The zero-order valence-corrected chi connectivity index (χ0v) is 11.0.